The predicted octanol–water partition coefficient (Wildman–Crippen LogP) is 0.759. The maximum Gasteiger partial charge on any atom is 0.0681 e. The van der Waals surface area contributed by atoms with Gasteiger partial charge in [0.25, 0.3) is 0 Å². The third-order valence-electron chi connectivity index (χ3n) is 1.16. The Morgan fingerprint density at radius 2 is 1.70 bits per heavy atom. The Labute approximate surface area is 85.3 Å². The smallest absolute Gasteiger partial charge is 0.0681 e. The molecule has 0 bridgehead atoms. The first-order valence-electron chi connectivity index (χ1n) is 2.78. The quantitative estimate of drug-likeness (QED) is 0.675. The summed E-state index contributed by atoms with van der Waals surface area (Å²) in [6.45, 7) is 0.0836. The van der Waals surface area contributed by atoms with Crippen molar-refractivity contribution in [1.82, 2.24) is 0 Å². The second kappa shape index (κ2) is 4.83. The van der Waals surface area contributed by atoms with Gasteiger partial charge < -0.3 is 10.8 Å². The summed E-state index contributed by atoms with van der Waals surface area (Å²) >= 11 is 0. The van der Waals surface area contributed by atoms with Crippen LogP contribution in [0.5, 0.6) is 0 Å². The average molecular weight is 212 g/mol. The van der Waals surface area contributed by atoms with Gasteiger partial charge in [0.15, 0.2) is 0 Å². The van der Waals surface area contributed by atoms with Gasteiger partial charge in [-0.05, 0) is 17.7 Å². The van der Waals surface area contributed by atoms with Gasteiger partial charge in [0.1, 0.15) is 0 Å². The van der Waals surface area contributed by atoms with Gasteiger partial charge in [0.05, 0.1) is 6.61 Å². The minimum Gasteiger partial charge on any atom is -0.399 e. The summed E-state index contributed by atoms with van der Waals surface area (Å²) in [5.41, 5.74) is 7.02. The van der Waals surface area contributed by atoms with Gasteiger partial charge in [0.2, 0.25) is 0 Å². The van der Waals surface area contributed by atoms with Gasteiger partial charge in [-0.1, -0.05) is 12.1 Å². The zero-order valence-electron chi connectivity index (χ0n) is 5.62. The molecule has 1 rings (SSSR count). The number of aliphatic hydroxyl groups is 1. The first-order valence-corrected chi connectivity index (χ1v) is 2.78. The third-order valence-corrected chi connectivity index (χ3v) is 1.16. The summed E-state index contributed by atoms with van der Waals surface area (Å²) in [7, 11) is 0. The van der Waals surface area contributed by atoms with Crippen LogP contribution in [0.3, 0.4) is 0 Å². The van der Waals surface area contributed by atoms with Crippen LogP contribution in [0.2, 0.25) is 0 Å². The zero-order valence-corrected chi connectivity index (χ0v) is 8.46. The van der Waals surface area contributed by atoms with E-state index in [1.165, 1.54) is 0 Å². The number of aliphatic hydroxyl groups excluding tert-OH is 1. The molecule has 51 valence electrons. The molecule has 0 unspecified atom stereocenters. The molecule has 0 amide bonds. The standard InChI is InChI=1S/C7H9NO.Y/c8-7-3-1-6(5-9)2-4-7;/h1-4,9H,5,8H2;. The van der Waals surface area contributed by atoms with Crippen LogP contribution in [0, 0.1) is 0 Å². The van der Waals surface area contributed by atoms with Crippen molar-refractivity contribution >= 4 is 5.69 Å². The maximum atomic E-state index is 8.59. The summed E-state index contributed by atoms with van der Waals surface area (Å²) in [5, 5.41) is 8.59. The topological polar surface area (TPSA) is 46.2 Å². The van der Waals surface area contributed by atoms with E-state index in [9.17, 15) is 0 Å². The Kier molecular flexibility index (Phi) is 4.87. The largest absolute Gasteiger partial charge is 0.399 e. The molecule has 0 heterocycles. The molecule has 0 aliphatic heterocycles. The number of rotatable bonds is 1. The number of benzene rings is 1. The fourth-order valence-corrected chi connectivity index (χ4v) is 0.623. The molecule has 0 aromatic heterocycles. The molecular weight excluding hydrogens is 203 g/mol. The minimum absolute atomic E-state index is 0. The van der Waals surface area contributed by atoms with Crippen molar-refractivity contribution in [2.24, 2.45) is 0 Å². The van der Waals surface area contributed by atoms with Crippen LogP contribution in [-0.2, 0) is 39.3 Å². The molecule has 1 radical (unpaired) electrons. The molecule has 1 aromatic carbocycles. The van der Waals surface area contributed by atoms with Gasteiger partial charge in [-0.2, -0.15) is 0 Å². The first-order chi connectivity index (χ1) is 4.33. The molecule has 2 nitrogen and oxygen atoms in total. The van der Waals surface area contributed by atoms with Crippen LogP contribution in [0.25, 0.3) is 0 Å². The van der Waals surface area contributed by atoms with Gasteiger partial charge in [-0.15, -0.1) is 0 Å². The monoisotopic (exact) mass is 212 g/mol. The van der Waals surface area contributed by atoms with E-state index in [4.69, 9.17) is 10.8 Å². The summed E-state index contributed by atoms with van der Waals surface area (Å²) in [5.74, 6) is 0. The van der Waals surface area contributed by atoms with Crippen LogP contribution in [0.4, 0.5) is 5.69 Å². The number of hydrogen-bond acceptors (Lipinski definition) is 2. The van der Waals surface area contributed by atoms with Gasteiger partial charge in [-0.25, -0.2) is 0 Å². The Morgan fingerprint density at radius 1 is 1.20 bits per heavy atom. The van der Waals surface area contributed by atoms with Gasteiger partial charge in [0, 0.05) is 38.4 Å². The van der Waals surface area contributed by atoms with Crippen molar-refractivity contribution in [2.75, 3.05) is 5.73 Å². The number of anilines is 1. The van der Waals surface area contributed by atoms with E-state index in [1.54, 1.807) is 24.3 Å². The van der Waals surface area contributed by atoms with Crippen LogP contribution in [-0.4, -0.2) is 5.11 Å². The Balaban J connectivity index is 0.000000810. The molecule has 0 aliphatic rings. The molecule has 3 N–H and O–H groups in total. The average Bonchev–Trinajstić information content (AvgIpc) is 1.90. The molecule has 0 aliphatic carbocycles. The maximum absolute atomic E-state index is 8.59. The Bertz CT molecular complexity index is 185. The van der Waals surface area contributed by atoms with E-state index in [0.29, 0.717) is 0 Å². The number of hydrogen-bond donors (Lipinski definition) is 2. The summed E-state index contributed by atoms with van der Waals surface area (Å²) in [4.78, 5) is 0. The van der Waals surface area contributed by atoms with E-state index >= 15 is 0 Å². The van der Waals surface area contributed by atoms with Crippen molar-refractivity contribution < 1.29 is 37.8 Å². The van der Waals surface area contributed by atoms with Crippen molar-refractivity contribution in [3.8, 4) is 0 Å². The van der Waals surface area contributed by atoms with Crippen molar-refractivity contribution in [1.29, 1.82) is 0 Å². The molecule has 10 heavy (non-hydrogen) atoms. The van der Waals surface area contributed by atoms with Crippen LogP contribution < -0.4 is 5.73 Å². The van der Waals surface area contributed by atoms with E-state index in [2.05, 4.69) is 0 Å². The van der Waals surface area contributed by atoms with Crippen molar-refractivity contribution in [2.45, 2.75) is 6.61 Å². The van der Waals surface area contributed by atoms with Gasteiger partial charge in [-0.3, -0.25) is 0 Å². The fraction of sp³-hybridized carbons (Fsp3) is 0.143. The number of nitrogens with two attached hydrogens (primary N) is 1. The van der Waals surface area contributed by atoms with Crippen LogP contribution in [0.1, 0.15) is 5.56 Å². The SMILES string of the molecule is Nc1ccc(CO)cc1.[Y]. The molecule has 0 spiro atoms. The van der Waals surface area contributed by atoms with Crippen molar-refractivity contribution in [3.05, 3.63) is 29.8 Å². The second-order valence-corrected chi connectivity index (χ2v) is 1.90. The fourth-order valence-electron chi connectivity index (χ4n) is 0.623. The molecule has 0 saturated heterocycles. The minimum atomic E-state index is 0. The van der Waals surface area contributed by atoms with Crippen molar-refractivity contribution in [3.63, 3.8) is 0 Å². The molecule has 0 fully saturated rings. The molecule has 0 saturated carbocycles. The second-order valence-electron chi connectivity index (χ2n) is 1.90. The summed E-state index contributed by atoms with van der Waals surface area (Å²) in [6.07, 6.45) is 0. The van der Waals surface area contributed by atoms with Crippen LogP contribution >= 0.6 is 0 Å². The van der Waals surface area contributed by atoms with Crippen LogP contribution in [0.15, 0.2) is 24.3 Å². The molecule has 3 heteroatoms. The molecule has 1 aromatic rings. The summed E-state index contributed by atoms with van der Waals surface area (Å²) in [6, 6.07) is 7.14. The normalized spacial score (nSPS) is 8.50. The molecule has 0 atom stereocenters. The number of nitrogen functional groups attached to an aromatic ring is 1. The summed E-state index contributed by atoms with van der Waals surface area (Å²) < 4.78 is 0. The third kappa shape index (κ3) is 2.78. The molecular formula is C7H9NOY. The van der Waals surface area contributed by atoms with Gasteiger partial charge >= 0.3 is 0 Å². The first kappa shape index (κ1) is 10.1. The van der Waals surface area contributed by atoms with E-state index in [1.807, 2.05) is 0 Å². The Hall–Kier alpha value is 0.0839. The Morgan fingerprint density at radius 3 is 2.10 bits per heavy atom. The zero-order chi connectivity index (χ0) is 6.69. The predicted molar refractivity (Wildman–Crippen MR) is 36.8 cm³/mol. The van der Waals surface area contributed by atoms with E-state index < -0.39 is 0 Å². The van der Waals surface area contributed by atoms with E-state index in [0.717, 1.165) is 11.3 Å². The van der Waals surface area contributed by atoms with E-state index in [-0.39, 0.29) is 39.3 Å².